The summed E-state index contributed by atoms with van der Waals surface area (Å²) in [6, 6.07) is 19.4. The SMILES string of the molecule is C=CCOc1nc(N(CC)NCc2cc(Br)ccc2OCc2ccccc2)ccc1C(=O)OCC. The van der Waals surface area contributed by atoms with E-state index in [4.69, 9.17) is 14.2 Å². The fourth-order valence-corrected chi connectivity index (χ4v) is 3.70. The summed E-state index contributed by atoms with van der Waals surface area (Å²) in [5.41, 5.74) is 5.76. The van der Waals surface area contributed by atoms with E-state index in [1.54, 1.807) is 25.1 Å². The van der Waals surface area contributed by atoms with Crippen molar-refractivity contribution in [3.63, 3.8) is 0 Å². The molecule has 3 aromatic rings. The first-order valence-electron chi connectivity index (χ1n) is 11.4. The van der Waals surface area contributed by atoms with Crippen molar-refractivity contribution >= 4 is 27.7 Å². The molecule has 7 nitrogen and oxygen atoms in total. The predicted molar refractivity (Wildman–Crippen MR) is 141 cm³/mol. The lowest BCUT2D eigenvalue weighted by Crippen LogP contribution is -2.38. The van der Waals surface area contributed by atoms with Crippen molar-refractivity contribution in [2.24, 2.45) is 0 Å². The monoisotopic (exact) mass is 539 g/mol. The molecule has 0 aliphatic rings. The Morgan fingerprint density at radius 1 is 1.11 bits per heavy atom. The molecule has 0 atom stereocenters. The number of carbonyl (C=O) groups excluding carboxylic acids is 1. The van der Waals surface area contributed by atoms with Crippen LogP contribution >= 0.6 is 15.9 Å². The van der Waals surface area contributed by atoms with Crippen LogP contribution in [0.1, 0.15) is 35.3 Å². The van der Waals surface area contributed by atoms with E-state index in [9.17, 15) is 4.79 Å². The Labute approximate surface area is 214 Å². The van der Waals surface area contributed by atoms with Crippen molar-refractivity contribution in [2.75, 3.05) is 24.8 Å². The zero-order valence-electron chi connectivity index (χ0n) is 20.0. The lowest BCUT2D eigenvalue weighted by molar-refractivity contribution is 0.0521. The number of hydrogen-bond donors (Lipinski definition) is 1. The number of hydrazine groups is 1. The zero-order chi connectivity index (χ0) is 25.0. The molecule has 0 unspecified atom stereocenters. The molecule has 0 bridgehead atoms. The number of ether oxygens (including phenoxy) is 3. The first-order valence-corrected chi connectivity index (χ1v) is 12.2. The molecule has 0 spiro atoms. The van der Waals surface area contributed by atoms with Gasteiger partial charge in [0, 0.05) is 23.1 Å². The number of benzene rings is 2. The Kier molecular flexibility index (Phi) is 10.1. The highest BCUT2D eigenvalue weighted by Gasteiger charge is 2.18. The van der Waals surface area contributed by atoms with Crippen molar-refractivity contribution in [1.82, 2.24) is 10.4 Å². The van der Waals surface area contributed by atoms with Crippen LogP contribution in [-0.2, 0) is 17.9 Å². The Balaban J connectivity index is 1.76. The number of rotatable bonds is 13. The quantitative estimate of drug-likeness (QED) is 0.170. The summed E-state index contributed by atoms with van der Waals surface area (Å²) in [4.78, 5) is 16.9. The lowest BCUT2D eigenvalue weighted by atomic mass is 10.2. The molecule has 0 aliphatic carbocycles. The van der Waals surface area contributed by atoms with Gasteiger partial charge in [-0.3, -0.25) is 5.01 Å². The molecule has 8 heteroatoms. The normalized spacial score (nSPS) is 10.5. The van der Waals surface area contributed by atoms with Gasteiger partial charge < -0.3 is 14.2 Å². The second-order valence-electron chi connectivity index (χ2n) is 7.45. The molecule has 0 radical (unpaired) electrons. The number of esters is 1. The summed E-state index contributed by atoms with van der Waals surface area (Å²) >= 11 is 3.55. The average molecular weight is 540 g/mol. The van der Waals surface area contributed by atoms with E-state index in [0.29, 0.717) is 25.5 Å². The minimum atomic E-state index is -0.476. The fraction of sp³-hybridized carbons (Fsp3) is 0.259. The average Bonchev–Trinajstić information content (AvgIpc) is 2.88. The number of nitrogens with zero attached hydrogens (tertiary/aromatic N) is 2. The summed E-state index contributed by atoms with van der Waals surface area (Å²) in [5.74, 6) is 1.13. The maximum atomic E-state index is 12.3. The van der Waals surface area contributed by atoms with Crippen molar-refractivity contribution in [1.29, 1.82) is 0 Å². The van der Waals surface area contributed by atoms with Crippen LogP contribution in [0.4, 0.5) is 5.82 Å². The van der Waals surface area contributed by atoms with Gasteiger partial charge in [0.2, 0.25) is 5.88 Å². The van der Waals surface area contributed by atoms with Crippen molar-refractivity contribution in [3.8, 4) is 11.6 Å². The maximum absolute atomic E-state index is 12.3. The second kappa shape index (κ2) is 13.5. The number of pyridine rings is 1. The van der Waals surface area contributed by atoms with Crippen LogP contribution in [0.3, 0.4) is 0 Å². The van der Waals surface area contributed by atoms with Crippen LogP contribution in [-0.4, -0.2) is 30.7 Å². The van der Waals surface area contributed by atoms with Gasteiger partial charge >= 0.3 is 5.97 Å². The third kappa shape index (κ3) is 7.56. The Hall–Kier alpha value is -3.36. The van der Waals surface area contributed by atoms with Crippen molar-refractivity contribution < 1.29 is 19.0 Å². The third-order valence-electron chi connectivity index (χ3n) is 4.99. The van der Waals surface area contributed by atoms with Crippen LogP contribution in [0.5, 0.6) is 11.6 Å². The molecule has 3 rings (SSSR count). The van der Waals surface area contributed by atoms with Crippen LogP contribution in [0.15, 0.2) is 77.8 Å². The largest absolute Gasteiger partial charge is 0.489 e. The summed E-state index contributed by atoms with van der Waals surface area (Å²) in [5, 5.41) is 1.89. The molecule has 184 valence electrons. The van der Waals surface area contributed by atoms with Crippen LogP contribution in [0.25, 0.3) is 0 Å². The molecule has 0 fully saturated rings. The Morgan fingerprint density at radius 3 is 2.63 bits per heavy atom. The standard InChI is InChI=1S/C27H30BrN3O4/c1-4-16-34-26-23(27(32)33-6-3)13-15-25(30-26)31(5-2)29-18-21-17-22(28)12-14-24(21)35-19-20-10-8-7-9-11-20/h4,7-15,17,29H,1,5-6,16,18-19H2,2-3H3. The Bertz CT molecular complexity index is 1120. The molecular formula is C27H30BrN3O4. The molecule has 35 heavy (non-hydrogen) atoms. The summed E-state index contributed by atoms with van der Waals surface area (Å²) in [6.07, 6.45) is 1.60. The number of nitrogens with one attached hydrogen (secondary N) is 1. The smallest absolute Gasteiger partial charge is 0.343 e. The summed E-state index contributed by atoms with van der Waals surface area (Å²) in [7, 11) is 0. The van der Waals surface area contributed by atoms with E-state index in [0.717, 1.165) is 21.3 Å². The van der Waals surface area contributed by atoms with Gasteiger partial charge in [-0.2, -0.15) is 4.98 Å². The molecular weight excluding hydrogens is 510 g/mol. The van der Waals surface area contributed by atoms with E-state index in [2.05, 4.69) is 32.9 Å². The summed E-state index contributed by atoms with van der Waals surface area (Å²) < 4.78 is 17.8. The maximum Gasteiger partial charge on any atom is 0.343 e. The molecule has 1 aromatic heterocycles. The number of hydrogen-bond acceptors (Lipinski definition) is 7. The van der Waals surface area contributed by atoms with Gasteiger partial charge in [-0.05, 0) is 49.7 Å². The number of anilines is 1. The number of halogens is 1. The van der Waals surface area contributed by atoms with Crippen LogP contribution in [0, 0.1) is 0 Å². The lowest BCUT2D eigenvalue weighted by Gasteiger charge is -2.24. The highest BCUT2D eigenvalue weighted by atomic mass is 79.9. The van der Waals surface area contributed by atoms with Gasteiger partial charge in [-0.25, -0.2) is 10.2 Å². The van der Waals surface area contributed by atoms with Gasteiger partial charge in [-0.1, -0.05) is 58.9 Å². The van der Waals surface area contributed by atoms with Crippen LogP contribution < -0.4 is 19.9 Å². The van der Waals surface area contributed by atoms with Crippen LogP contribution in [0.2, 0.25) is 0 Å². The van der Waals surface area contributed by atoms with Gasteiger partial charge in [0.15, 0.2) is 0 Å². The Morgan fingerprint density at radius 2 is 1.91 bits per heavy atom. The fourth-order valence-electron chi connectivity index (χ4n) is 3.29. The van der Waals surface area contributed by atoms with Gasteiger partial charge in [-0.15, -0.1) is 0 Å². The molecule has 1 N–H and O–H groups in total. The highest BCUT2D eigenvalue weighted by molar-refractivity contribution is 9.10. The van der Waals surface area contributed by atoms with Gasteiger partial charge in [0.25, 0.3) is 0 Å². The van der Waals surface area contributed by atoms with E-state index in [-0.39, 0.29) is 24.7 Å². The van der Waals surface area contributed by atoms with Crippen molar-refractivity contribution in [3.05, 3.63) is 94.5 Å². The minimum absolute atomic E-state index is 0.204. The molecule has 0 aliphatic heterocycles. The van der Waals surface area contributed by atoms with E-state index in [1.165, 1.54) is 0 Å². The van der Waals surface area contributed by atoms with E-state index < -0.39 is 5.97 Å². The van der Waals surface area contributed by atoms with Gasteiger partial charge in [0.1, 0.15) is 30.3 Å². The first-order chi connectivity index (χ1) is 17.0. The molecule has 0 amide bonds. The predicted octanol–water partition coefficient (Wildman–Crippen LogP) is 5.70. The van der Waals surface area contributed by atoms with Crippen molar-refractivity contribution in [2.45, 2.75) is 27.0 Å². The number of aromatic nitrogens is 1. The first kappa shape index (κ1) is 26.2. The molecule has 0 saturated heterocycles. The van der Waals surface area contributed by atoms with E-state index >= 15 is 0 Å². The van der Waals surface area contributed by atoms with E-state index in [1.807, 2.05) is 60.5 Å². The third-order valence-corrected chi connectivity index (χ3v) is 5.48. The molecule has 1 heterocycles. The zero-order valence-corrected chi connectivity index (χ0v) is 21.6. The number of carbonyl (C=O) groups is 1. The molecule has 0 saturated carbocycles. The summed E-state index contributed by atoms with van der Waals surface area (Å²) in [6.45, 7) is 9.53. The highest BCUT2D eigenvalue weighted by Crippen LogP contribution is 2.26. The topological polar surface area (TPSA) is 72.9 Å². The van der Waals surface area contributed by atoms with Gasteiger partial charge in [0.05, 0.1) is 6.61 Å². The molecule has 2 aromatic carbocycles. The minimum Gasteiger partial charge on any atom is -0.489 e. The second-order valence-corrected chi connectivity index (χ2v) is 8.36.